The number of aromatic nitrogens is 1. The molecule has 1 nitrogen and oxygen atoms in total. The minimum absolute atomic E-state index is 0. The molecule has 3 heteroatoms. The van der Waals surface area contributed by atoms with E-state index in [1.807, 2.05) is 30.5 Å². The Hall–Kier alpha value is -0.410. The molecule has 0 saturated carbocycles. The molecule has 0 aromatic carbocycles. The van der Waals surface area contributed by atoms with Crippen LogP contribution in [0.5, 0.6) is 0 Å². The summed E-state index contributed by atoms with van der Waals surface area (Å²) in [5, 5.41) is 0. The Morgan fingerprint density at radius 3 is 2.50 bits per heavy atom. The Morgan fingerprint density at radius 2 is 1.75 bits per heavy atom. The molecule has 0 atom stereocenters. The van der Waals surface area contributed by atoms with Crippen molar-refractivity contribution in [1.82, 2.24) is 0 Å². The third-order valence-electron chi connectivity index (χ3n) is 1.62. The van der Waals surface area contributed by atoms with E-state index in [1.165, 1.54) is 5.52 Å². The van der Waals surface area contributed by atoms with Gasteiger partial charge in [0.05, 0.1) is 0 Å². The summed E-state index contributed by atoms with van der Waals surface area (Å²) in [6.45, 7) is 0. The van der Waals surface area contributed by atoms with Crippen LogP contribution < -0.4 is 21.4 Å². The van der Waals surface area contributed by atoms with Gasteiger partial charge in [0, 0.05) is 40.2 Å². The monoisotopic (exact) mass is 287 g/mol. The molecule has 0 spiro atoms. The zero-order valence-electron chi connectivity index (χ0n) is 6.24. The van der Waals surface area contributed by atoms with E-state index in [0.717, 1.165) is 4.60 Å². The quantitative estimate of drug-likeness (QED) is 0.441. The zero-order valence-corrected chi connectivity index (χ0v) is 9.42. The third-order valence-corrected chi connectivity index (χ3v) is 2.27. The summed E-state index contributed by atoms with van der Waals surface area (Å²) in [5.74, 6) is 0. The first-order valence-electron chi connectivity index (χ1n) is 3.43. The Morgan fingerprint density at radius 1 is 1.00 bits per heavy atom. The van der Waals surface area contributed by atoms with Crippen LogP contribution in [0.15, 0.2) is 47.2 Å². The maximum absolute atomic E-state index is 3.46. The first-order valence-corrected chi connectivity index (χ1v) is 4.22. The first-order chi connectivity index (χ1) is 5.38. The highest BCUT2D eigenvalue weighted by molar-refractivity contribution is 9.10. The summed E-state index contributed by atoms with van der Waals surface area (Å²) in [6, 6.07) is 12.2. The van der Waals surface area contributed by atoms with Crippen molar-refractivity contribution in [2.45, 2.75) is 0 Å². The van der Waals surface area contributed by atoms with Crippen LogP contribution in [0.25, 0.3) is 5.52 Å². The average Bonchev–Trinajstić information content (AvgIpc) is 2.06. The standard InChI is InChI=1S/C9H7BrN.BrH/c10-9-6-3-5-8-4-1-2-7-11(8)9;/h1-7H;1H/q+1;/p-1. The van der Waals surface area contributed by atoms with Crippen LogP contribution in [0, 0.1) is 0 Å². The lowest BCUT2D eigenvalue weighted by Gasteiger charge is -1.89. The summed E-state index contributed by atoms with van der Waals surface area (Å²) in [7, 11) is 0. The number of hydrogen-bond donors (Lipinski definition) is 0. The minimum atomic E-state index is 0. The summed E-state index contributed by atoms with van der Waals surface area (Å²) >= 11 is 3.46. The van der Waals surface area contributed by atoms with E-state index in [0.29, 0.717) is 0 Å². The first kappa shape index (κ1) is 9.68. The summed E-state index contributed by atoms with van der Waals surface area (Å²) in [5.41, 5.74) is 1.20. The second-order valence-corrected chi connectivity index (χ2v) is 3.16. The second-order valence-electron chi connectivity index (χ2n) is 2.34. The number of nitrogens with zero attached hydrogens (tertiary/aromatic N) is 1. The molecule has 0 amide bonds. The number of halogens is 2. The average molecular weight is 289 g/mol. The molecule has 0 N–H and O–H groups in total. The van der Waals surface area contributed by atoms with Crippen molar-refractivity contribution >= 4 is 21.4 Å². The highest BCUT2D eigenvalue weighted by Gasteiger charge is 2.02. The smallest absolute Gasteiger partial charge is 0.253 e. The van der Waals surface area contributed by atoms with Crippen molar-refractivity contribution < 1.29 is 21.4 Å². The third kappa shape index (κ3) is 1.67. The van der Waals surface area contributed by atoms with Crippen LogP contribution in [-0.2, 0) is 0 Å². The van der Waals surface area contributed by atoms with Gasteiger partial charge in [-0.05, 0) is 12.1 Å². The molecule has 0 aliphatic rings. The molecule has 0 bridgehead atoms. The fourth-order valence-corrected chi connectivity index (χ4v) is 1.57. The fraction of sp³-hybridized carbons (Fsp3) is 0. The SMILES string of the molecule is Brc1cccc2cccc[n+]12.[Br-]. The predicted molar refractivity (Wildman–Crippen MR) is 47.3 cm³/mol. The molecular weight excluding hydrogens is 282 g/mol. The van der Waals surface area contributed by atoms with Gasteiger partial charge in [0.1, 0.15) is 0 Å². The van der Waals surface area contributed by atoms with Crippen LogP contribution in [-0.4, -0.2) is 0 Å². The van der Waals surface area contributed by atoms with E-state index in [-0.39, 0.29) is 17.0 Å². The topological polar surface area (TPSA) is 4.10 Å². The normalized spacial score (nSPS) is 9.42. The molecule has 0 aliphatic heterocycles. The molecule has 0 fully saturated rings. The largest absolute Gasteiger partial charge is 1.00 e. The van der Waals surface area contributed by atoms with Gasteiger partial charge in [-0.25, -0.2) is 0 Å². The van der Waals surface area contributed by atoms with Gasteiger partial charge in [-0.3, -0.25) is 0 Å². The summed E-state index contributed by atoms with van der Waals surface area (Å²) in [6.07, 6.45) is 2.03. The van der Waals surface area contributed by atoms with Crippen molar-refractivity contribution in [2.24, 2.45) is 0 Å². The lowest BCUT2D eigenvalue weighted by atomic mass is 10.3. The number of rotatable bonds is 0. The van der Waals surface area contributed by atoms with Crippen LogP contribution in [0.1, 0.15) is 0 Å². The van der Waals surface area contributed by atoms with Crippen molar-refractivity contribution in [1.29, 1.82) is 0 Å². The predicted octanol–water partition coefficient (Wildman–Crippen LogP) is -0.808. The number of pyridine rings is 2. The van der Waals surface area contributed by atoms with Crippen molar-refractivity contribution in [3.8, 4) is 0 Å². The maximum Gasteiger partial charge on any atom is 0.253 e. The molecule has 2 rings (SSSR count). The number of hydrogen-bond acceptors (Lipinski definition) is 0. The molecule has 2 heterocycles. The van der Waals surface area contributed by atoms with Crippen LogP contribution in [0.3, 0.4) is 0 Å². The fourth-order valence-electron chi connectivity index (χ4n) is 1.09. The molecule has 2 aromatic rings. The zero-order chi connectivity index (χ0) is 7.68. The van der Waals surface area contributed by atoms with Gasteiger partial charge in [0.25, 0.3) is 4.60 Å². The van der Waals surface area contributed by atoms with Gasteiger partial charge in [-0.15, -0.1) is 0 Å². The lowest BCUT2D eigenvalue weighted by Crippen LogP contribution is -3.00. The maximum atomic E-state index is 3.46. The molecule has 2 aromatic heterocycles. The van der Waals surface area contributed by atoms with Gasteiger partial charge in [-0.1, -0.05) is 0 Å². The van der Waals surface area contributed by atoms with Crippen molar-refractivity contribution in [3.05, 3.63) is 47.2 Å². The van der Waals surface area contributed by atoms with Gasteiger partial charge >= 0.3 is 0 Å². The van der Waals surface area contributed by atoms with Crippen molar-refractivity contribution in [3.63, 3.8) is 0 Å². The summed E-state index contributed by atoms with van der Waals surface area (Å²) < 4.78 is 3.16. The van der Waals surface area contributed by atoms with Crippen molar-refractivity contribution in [2.75, 3.05) is 0 Å². The minimum Gasteiger partial charge on any atom is -1.00 e. The van der Waals surface area contributed by atoms with Gasteiger partial charge in [-0.2, -0.15) is 4.40 Å². The van der Waals surface area contributed by atoms with E-state index in [2.05, 4.69) is 32.5 Å². The Labute approximate surface area is 89.9 Å². The Bertz CT molecular complexity index is 382. The summed E-state index contributed by atoms with van der Waals surface area (Å²) in [4.78, 5) is 0. The molecule has 0 radical (unpaired) electrons. The number of fused-ring (bicyclic) bond motifs is 1. The van der Waals surface area contributed by atoms with Crippen LogP contribution >= 0.6 is 15.9 Å². The molecule has 12 heavy (non-hydrogen) atoms. The highest BCUT2D eigenvalue weighted by atomic mass is 79.9. The molecule has 0 saturated heterocycles. The van der Waals surface area contributed by atoms with E-state index >= 15 is 0 Å². The molecular formula is C9H7Br2N. The van der Waals surface area contributed by atoms with Crippen LogP contribution in [0.2, 0.25) is 0 Å². The Balaban J connectivity index is 0.000000720. The van der Waals surface area contributed by atoms with E-state index in [4.69, 9.17) is 0 Å². The highest BCUT2D eigenvalue weighted by Crippen LogP contribution is 2.04. The van der Waals surface area contributed by atoms with Gasteiger partial charge in [0.2, 0.25) is 5.52 Å². The van der Waals surface area contributed by atoms with Crippen LogP contribution in [0.4, 0.5) is 0 Å². The Kier molecular flexibility index (Phi) is 3.23. The molecule has 0 aliphatic carbocycles. The second kappa shape index (κ2) is 4.01. The van der Waals surface area contributed by atoms with Gasteiger partial charge in [0.15, 0.2) is 6.20 Å². The molecule has 62 valence electrons. The lowest BCUT2D eigenvalue weighted by molar-refractivity contribution is -0.524. The van der Waals surface area contributed by atoms with Gasteiger partial charge < -0.3 is 17.0 Å². The van der Waals surface area contributed by atoms with E-state index in [9.17, 15) is 0 Å². The van der Waals surface area contributed by atoms with E-state index in [1.54, 1.807) is 0 Å². The van der Waals surface area contributed by atoms with E-state index < -0.39 is 0 Å². The molecule has 0 unspecified atom stereocenters.